The van der Waals surface area contributed by atoms with Gasteiger partial charge >= 0.3 is 0 Å². The number of fused-ring (bicyclic) bond motifs is 1. The molecule has 1 N–H and O–H groups in total. The smallest absolute Gasteiger partial charge is 0.240 e. The van der Waals surface area contributed by atoms with Crippen LogP contribution in [0.1, 0.15) is 29.7 Å². The molecule has 2 aliphatic heterocycles. The monoisotopic (exact) mass is 669 g/mol. The standard InChI is InChI=1S/C29H37Cl2N5O5S2/c1-42(37,38)35-15-11-28-26(21-35)29(33-36(28)14-3-13-34-16-18-41-19-17-34)23-5-10-27(31)22(20-23)4-2-12-32-43(39,40)25-8-6-24(30)7-9-25/h5-10,20,32H,2-4,11-19,21H2,1H3. The number of hydrogen-bond acceptors (Lipinski definition) is 7. The molecule has 0 spiro atoms. The predicted octanol–water partition coefficient (Wildman–Crippen LogP) is 3.81. The molecule has 10 nitrogen and oxygen atoms in total. The van der Waals surface area contributed by atoms with Crippen LogP contribution in [0.5, 0.6) is 0 Å². The third kappa shape index (κ3) is 8.17. The molecule has 5 rings (SSSR count). The van der Waals surface area contributed by atoms with Crippen LogP contribution in [-0.2, 0) is 50.7 Å². The Kier molecular flexibility index (Phi) is 10.5. The largest absolute Gasteiger partial charge is 0.379 e. The number of halogens is 2. The molecule has 3 heterocycles. The molecule has 0 aliphatic carbocycles. The third-order valence-electron chi connectivity index (χ3n) is 7.87. The van der Waals surface area contributed by atoms with E-state index < -0.39 is 20.0 Å². The molecule has 14 heteroatoms. The average molecular weight is 671 g/mol. The minimum atomic E-state index is -3.65. The highest BCUT2D eigenvalue weighted by molar-refractivity contribution is 7.89. The Hall–Kier alpha value is -2.03. The van der Waals surface area contributed by atoms with Crippen molar-refractivity contribution in [1.29, 1.82) is 0 Å². The molecule has 3 aromatic rings. The van der Waals surface area contributed by atoms with Crippen molar-refractivity contribution < 1.29 is 21.6 Å². The van der Waals surface area contributed by atoms with Crippen LogP contribution in [0.2, 0.25) is 10.0 Å². The van der Waals surface area contributed by atoms with Gasteiger partial charge in [0.05, 0.1) is 30.1 Å². The number of nitrogens with zero attached hydrogens (tertiary/aromatic N) is 4. The highest BCUT2D eigenvalue weighted by atomic mass is 35.5. The third-order valence-corrected chi connectivity index (χ3v) is 11.2. The lowest BCUT2D eigenvalue weighted by atomic mass is 9.99. The summed E-state index contributed by atoms with van der Waals surface area (Å²) in [4.78, 5) is 2.55. The lowest BCUT2D eigenvalue weighted by molar-refractivity contribution is 0.0368. The minimum absolute atomic E-state index is 0.158. The van der Waals surface area contributed by atoms with Gasteiger partial charge in [-0.15, -0.1) is 0 Å². The molecular weight excluding hydrogens is 633 g/mol. The second-order valence-electron chi connectivity index (χ2n) is 10.9. The Balaban J connectivity index is 1.31. The fourth-order valence-corrected chi connectivity index (χ4v) is 7.73. The Morgan fingerprint density at radius 2 is 1.70 bits per heavy atom. The molecule has 0 atom stereocenters. The van der Waals surface area contributed by atoms with E-state index in [0.717, 1.165) is 73.9 Å². The van der Waals surface area contributed by atoms with Crippen molar-refractivity contribution in [2.75, 3.05) is 52.2 Å². The minimum Gasteiger partial charge on any atom is -0.379 e. The Morgan fingerprint density at radius 1 is 0.953 bits per heavy atom. The molecule has 1 saturated heterocycles. The van der Waals surface area contributed by atoms with Gasteiger partial charge in [-0.2, -0.15) is 9.40 Å². The van der Waals surface area contributed by atoms with Crippen LogP contribution in [0, 0.1) is 0 Å². The molecule has 0 radical (unpaired) electrons. The van der Waals surface area contributed by atoms with Gasteiger partial charge in [-0.05, 0) is 61.2 Å². The summed E-state index contributed by atoms with van der Waals surface area (Å²) in [6, 6.07) is 11.7. The summed E-state index contributed by atoms with van der Waals surface area (Å²) >= 11 is 12.4. The maximum absolute atomic E-state index is 12.6. The Bertz CT molecular complexity index is 1640. The number of aromatic nitrogens is 2. The van der Waals surface area contributed by atoms with E-state index in [0.29, 0.717) is 35.9 Å². The summed E-state index contributed by atoms with van der Waals surface area (Å²) in [5, 5.41) is 6.06. The fourth-order valence-electron chi connectivity index (χ4n) is 5.53. The van der Waals surface area contributed by atoms with Gasteiger partial charge < -0.3 is 4.74 Å². The summed E-state index contributed by atoms with van der Waals surface area (Å²) in [6.07, 6.45) is 3.86. The van der Waals surface area contributed by atoms with Crippen molar-refractivity contribution in [3.63, 3.8) is 0 Å². The summed E-state index contributed by atoms with van der Waals surface area (Å²) in [7, 11) is -7.01. The Labute approximate surface area is 264 Å². The number of morpholine rings is 1. The van der Waals surface area contributed by atoms with Crippen LogP contribution in [-0.4, -0.2) is 88.0 Å². The van der Waals surface area contributed by atoms with Gasteiger partial charge in [0.25, 0.3) is 0 Å². The second kappa shape index (κ2) is 13.9. The number of aryl methyl sites for hydroxylation is 2. The molecule has 43 heavy (non-hydrogen) atoms. The van der Waals surface area contributed by atoms with Gasteiger partial charge in [-0.3, -0.25) is 9.58 Å². The van der Waals surface area contributed by atoms with Gasteiger partial charge in [0.15, 0.2) is 0 Å². The zero-order valence-corrected chi connectivity index (χ0v) is 27.3. The van der Waals surface area contributed by atoms with E-state index in [9.17, 15) is 16.8 Å². The van der Waals surface area contributed by atoms with Gasteiger partial charge in [0.1, 0.15) is 0 Å². The maximum Gasteiger partial charge on any atom is 0.240 e. The molecule has 1 fully saturated rings. The van der Waals surface area contributed by atoms with Gasteiger partial charge in [0.2, 0.25) is 20.0 Å². The van der Waals surface area contributed by atoms with Crippen LogP contribution >= 0.6 is 23.2 Å². The zero-order valence-electron chi connectivity index (χ0n) is 24.1. The van der Waals surface area contributed by atoms with E-state index in [1.54, 1.807) is 12.1 Å². The fraction of sp³-hybridized carbons (Fsp3) is 0.483. The van der Waals surface area contributed by atoms with Crippen LogP contribution in [0.25, 0.3) is 11.3 Å². The number of nitrogens with one attached hydrogen (secondary N) is 1. The predicted molar refractivity (Wildman–Crippen MR) is 168 cm³/mol. The number of hydrogen-bond donors (Lipinski definition) is 1. The molecule has 2 aromatic carbocycles. The first-order chi connectivity index (χ1) is 20.5. The molecule has 1 aromatic heterocycles. The van der Waals surface area contributed by atoms with Gasteiger partial charge in [-0.25, -0.2) is 21.6 Å². The first-order valence-electron chi connectivity index (χ1n) is 14.4. The number of sulfonamides is 2. The molecule has 0 amide bonds. The van der Waals surface area contributed by atoms with Crippen molar-refractivity contribution in [3.05, 3.63) is 69.3 Å². The van der Waals surface area contributed by atoms with Gasteiger partial charge in [0, 0.05) is 79.1 Å². The Morgan fingerprint density at radius 3 is 2.42 bits per heavy atom. The molecular formula is C29H37Cl2N5O5S2. The zero-order chi connectivity index (χ0) is 30.6. The van der Waals surface area contributed by atoms with Crippen LogP contribution < -0.4 is 4.72 Å². The first-order valence-corrected chi connectivity index (χ1v) is 18.5. The molecule has 2 aliphatic rings. The molecule has 0 bridgehead atoms. The molecule has 234 valence electrons. The lowest BCUT2D eigenvalue weighted by Gasteiger charge is -2.27. The summed E-state index contributed by atoms with van der Waals surface area (Å²) in [5.74, 6) is 0. The highest BCUT2D eigenvalue weighted by Crippen LogP contribution is 2.33. The first kappa shape index (κ1) is 32.4. The van der Waals surface area contributed by atoms with Crippen LogP contribution in [0.15, 0.2) is 47.4 Å². The average Bonchev–Trinajstić information content (AvgIpc) is 3.34. The highest BCUT2D eigenvalue weighted by Gasteiger charge is 2.30. The van der Waals surface area contributed by atoms with Crippen LogP contribution in [0.4, 0.5) is 0 Å². The second-order valence-corrected chi connectivity index (χ2v) is 15.5. The van der Waals surface area contributed by atoms with Crippen LogP contribution in [0.3, 0.4) is 0 Å². The van der Waals surface area contributed by atoms with Gasteiger partial charge in [-0.1, -0.05) is 29.3 Å². The number of ether oxygens (including phenoxy) is 1. The summed E-state index contributed by atoms with van der Waals surface area (Å²) in [6.45, 7) is 6.02. The van der Waals surface area contributed by atoms with Crippen molar-refractivity contribution in [2.45, 2.75) is 43.7 Å². The quantitative estimate of drug-likeness (QED) is 0.292. The molecule has 0 saturated carbocycles. The lowest BCUT2D eigenvalue weighted by Crippen LogP contribution is -2.37. The topological polar surface area (TPSA) is 114 Å². The SMILES string of the molecule is CS(=O)(=O)N1CCc2c(c(-c3ccc(Cl)c(CCCNS(=O)(=O)c4ccc(Cl)cc4)c3)nn2CCCN2CCOCC2)C1. The summed E-state index contributed by atoms with van der Waals surface area (Å²) < 4.78 is 61.7. The summed E-state index contributed by atoms with van der Waals surface area (Å²) in [5.41, 5.74) is 4.49. The van der Waals surface area contributed by atoms with Crippen molar-refractivity contribution in [2.24, 2.45) is 0 Å². The van der Waals surface area contributed by atoms with E-state index in [1.165, 1.54) is 22.7 Å². The normalized spacial score (nSPS) is 16.8. The van der Waals surface area contributed by atoms with E-state index >= 15 is 0 Å². The van der Waals surface area contributed by atoms with Crippen molar-refractivity contribution >= 4 is 43.2 Å². The number of rotatable bonds is 12. The van der Waals surface area contributed by atoms with E-state index in [2.05, 4.69) is 9.62 Å². The van der Waals surface area contributed by atoms with Crippen molar-refractivity contribution in [3.8, 4) is 11.3 Å². The van der Waals surface area contributed by atoms with E-state index in [-0.39, 0.29) is 18.0 Å². The van der Waals surface area contributed by atoms with Crippen molar-refractivity contribution in [1.82, 2.24) is 23.7 Å². The molecule has 0 unspecified atom stereocenters. The maximum atomic E-state index is 12.6. The van der Waals surface area contributed by atoms with E-state index in [4.69, 9.17) is 33.0 Å². The van der Waals surface area contributed by atoms with E-state index in [1.807, 2.05) is 22.9 Å². The number of benzene rings is 2.